The highest BCUT2D eigenvalue weighted by Crippen LogP contribution is 2.36. The molecule has 4 rings (SSSR count). The predicted molar refractivity (Wildman–Crippen MR) is 106 cm³/mol. The van der Waals surface area contributed by atoms with E-state index in [4.69, 9.17) is 13.9 Å². The normalized spacial score (nSPS) is 10.7. The molecule has 0 aliphatic heterocycles. The molecule has 0 saturated heterocycles. The first-order chi connectivity index (χ1) is 13.7. The lowest BCUT2D eigenvalue weighted by Crippen LogP contribution is -2.01. The number of fused-ring (bicyclic) bond motifs is 1. The van der Waals surface area contributed by atoms with E-state index in [1.807, 2.05) is 60.7 Å². The molecule has 0 saturated carbocycles. The maximum absolute atomic E-state index is 11.7. The van der Waals surface area contributed by atoms with E-state index in [1.165, 1.54) is 0 Å². The summed E-state index contributed by atoms with van der Waals surface area (Å²) in [6.07, 6.45) is 0. The summed E-state index contributed by atoms with van der Waals surface area (Å²) < 4.78 is 17.0. The van der Waals surface area contributed by atoms with Crippen LogP contribution in [-0.2, 0) is 13.2 Å². The maximum Gasteiger partial charge on any atom is 0.339 e. The molecule has 0 unspecified atom stereocenters. The average Bonchev–Trinajstić information content (AvgIpc) is 2.71. The van der Waals surface area contributed by atoms with E-state index >= 15 is 0 Å². The van der Waals surface area contributed by atoms with E-state index in [9.17, 15) is 9.90 Å². The lowest BCUT2D eigenvalue weighted by Gasteiger charge is -2.13. The molecule has 3 aromatic carbocycles. The van der Waals surface area contributed by atoms with E-state index in [1.54, 1.807) is 12.1 Å². The summed E-state index contributed by atoms with van der Waals surface area (Å²) in [5, 5.41) is 10.6. The number of hydrogen-bond donors (Lipinski definition) is 1. The highest BCUT2D eigenvalue weighted by Gasteiger charge is 2.14. The van der Waals surface area contributed by atoms with Gasteiger partial charge in [0.15, 0.2) is 0 Å². The molecule has 28 heavy (non-hydrogen) atoms. The Morgan fingerprint density at radius 3 is 2.04 bits per heavy atom. The molecule has 0 bridgehead atoms. The standard InChI is InChI=1S/C23H18O5/c24-19-13-22(25)28-21-12-18(26-14-16-7-3-1-4-8-16)11-20(23(19)21)27-15-17-9-5-2-6-10-17/h1-13,24H,14-15H2. The Morgan fingerprint density at radius 1 is 0.786 bits per heavy atom. The van der Waals surface area contributed by atoms with Gasteiger partial charge in [-0.25, -0.2) is 4.79 Å². The van der Waals surface area contributed by atoms with Crippen molar-refractivity contribution >= 4 is 11.0 Å². The highest BCUT2D eigenvalue weighted by molar-refractivity contribution is 5.90. The Labute approximate surface area is 161 Å². The molecule has 1 aromatic heterocycles. The molecule has 0 spiro atoms. The number of ether oxygens (including phenoxy) is 2. The van der Waals surface area contributed by atoms with Crippen LogP contribution in [0, 0.1) is 0 Å². The summed E-state index contributed by atoms with van der Waals surface area (Å²) in [6, 6.07) is 23.7. The van der Waals surface area contributed by atoms with Gasteiger partial charge in [-0.1, -0.05) is 60.7 Å². The fourth-order valence-corrected chi connectivity index (χ4v) is 2.89. The topological polar surface area (TPSA) is 68.9 Å². The van der Waals surface area contributed by atoms with Gasteiger partial charge < -0.3 is 19.0 Å². The molecule has 1 heterocycles. The molecule has 5 heteroatoms. The average molecular weight is 374 g/mol. The molecule has 4 aromatic rings. The second-order valence-electron chi connectivity index (χ2n) is 6.29. The summed E-state index contributed by atoms with van der Waals surface area (Å²) >= 11 is 0. The summed E-state index contributed by atoms with van der Waals surface area (Å²) in [5.41, 5.74) is 1.55. The van der Waals surface area contributed by atoms with Crippen LogP contribution in [-0.4, -0.2) is 5.11 Å². The third-order valence-corrected chi connectivity index (χ3v) is 4.25. The molecule has 1 N–H and O–H groups in total. The van der Waals surface area contributed by atoms with Crippen molar-refractivity contribution in [1.82, 2.24) is 0 Å². The van der Waals surface area contributed by atoms with Crippen molar-refractivity contribution in [3.8, 4) is 17.2 Å². The lowest BCUT2D eigenvalue weighted by atomic mass is 10.2. The van der Waals surface area contributed by atoms with Gasteiger partial charge in [0, 0.05) is 12.1 Å². The minimum Gasteiger partial charge on any atom is -0.507 e. The zero-order valence-electron chi connectivity index (χ0n) is 15.0. The van der Waals surface area contributed by atoms with Gasteiger partial charge in [0.2, 0.25) is 0 Å². The summed E-state index contributed by atoms with van der Waals surface area (Å²) in [7, 11) is 0. The van der Waals surface area contributed by atoms with E-state index < -0.39 is 5.63 Å². The summed E-state index contributed by atoms with van der Waals surface area (Å²) in [6.45, 7) is 0.657. The predicted octanol–water partition coefficient (Wildman–Crippen LogP) is 4.66. The van der Waals surface area contributed by atoms with Crippen molar-refractivity contribution in [2.24, 2.45) is 0 Å². The van der Waals surface area contributed by atoms with Crippen LogP contribution in [0.5, 0.6) is 17.2 Å². The van der Waals surface area contributed by atoms with Crippen LogP contribution in [0.3, 0.4) is 0 Å². The van der Waals surface area contributed by atoms with E-state index in [0.717, 1.165) is 17.2 Å². The van der Waals surface area contributed by atoms with Crippen LogP contribution in [0.1, 0.15) is 11.1 Å². The monoisotopic (exact) mass is 374 g/mol. The first kappa shape index (κ1) is 17.7. The molecule has 0 amide bonds. The quantitative estimate of drug-likeness (QED) is 0.497. The molecule has 0 aliphatic rings. The van der Waals surface area contributed by atoms with Crippen molar-refractivity contribution in [3.63, 3.8) is 0 Å². The van der Waals surface area contributed by atoms with Crippen LogP contribution in [0.25, 0.3) is 11.0 Å². The first-order valence-electron chi connectivity index (χ1n) is 8.83. The van der Waals surface area contributed by atoms with E-state index in [2.05, 4.69) is 0 Å². The van der Waals surface area contributed by atoms with Gasteiger partial charge >= 0.3 is 5.63 Å². The third kappa shape index (κ3) is 3.99. The smallest absolute Gasteiger partial charge is 0.339 e. The van der Waals surface area contributed by atoms with Gasteiger partial charge in [0.1, 0.15) is 41.4 Å². The molecule has 140 valence electrons. The van der Waals surface area contributed by atoms with Crippen molar-refractivity contribution in [1.29, 1.82) is 0 Å². The SMILES string of the molecule is O=c1cc(O)c2c(OCc3ccccc3)cc(OCc3ccccc3)cc2o1. The Bertz CT molecular complexity index is 1130. The molecule has 5 nitrogen and oxygen atoms in total. The van der Waals surface area contributed by atoms with Crippen molar-refractivity contribution in [2.45, 2.75) is 13.2 Å². The van der Waals surface area contributed by atoms with Gasteiger partial charge in [-0.15, -0.1) is 0 Å². The van der Waals surface area contributed by atoms with Crippen LogP contribution < -0.4 is 15.1 Å². The van der Waals surface area contributed by atoms with Crippen molar-refractivity contribution in [3.05, 3.63) is 100 Å². The van der Waals surface area contributed by atoms with Gasteiger partial charge in [-0.3, -0.25) is 0 Å². The largest absolute Gasteiger partial charge is 0.507 e. The highest BCUT2D eigenvalue weighted by atomic mass is 16.5. The fourth-order valence-electron chi connectivity index (χ4n) is 2.89. The Hall–Kier alpha value is -3.73. The molecule has 0 fully saturated rings. The van der Waals surface area contributed by atoms with Crippen LogP contribution in [0.15, 0.2) is 88.1 Å². The summed E-state index contributed by atoms with van der Waals surface area (Å²) in [4.78, 5) is 11.7. The molecular weight excluding hydrogens is 356 g/mol. The van der Waals surface area contributed by atoms with Crippen LogP contribution in [0.4, 0.5) is 0 Å². The number of rotatable bonds is 6. The molecule has 0 aliphatic carbocycles. The number of hydrogen-bond acceptors (Lipinski definition) is 5. The fraction of sp³-hybridized carbons (Fsp3) is 0.0870. The number of aromatic hydroxyl groups is 1. The first-order valence-corrected chi connectivity index (χ1v) is 8.83. The van der Waals surface area contributed by atoms with Crippen LogP contribution in [0.2, 0.25) is 0 Å². The second-order valence-corrected chi connectivity index (χ2v) is 6.29. The molecule has 0 atom stereocenters. The Morgan fingerprint density at radius 2 is 1.39 bits per heavy atom. The molecular formula is C23H18O5. The van der Waals surface area contributed by atoms with Gasteiger partial charge in [0.05, 0.1) is 6.07 Å². The minimum atomic E-state index is -0.640. The van der Waals surface area contributed by atoms with Gasteiger partial charge in [-0.05, 0) is 11.1 Å². The third-order valence-electron chi connectivity index (χ3n) is 4.25. The van der Waals surface area contributed by atoms with Gasteiger partial charge in [0.25, 0.3) is 0 Å². The van der Waals surface area contributed by atoms with Crippen LogP contribution >= 0.6 is 0 Å². The molecule has 0 radical (unpaired) electrons. The maximum atomic E-state index is 11.7. The lowest BCUT2D eigenvalue weighted by molar-refractivity contribution is 0.291. The van der Waals surface area contributed by atoms with E-state index in [-0.39, 0.29) is 11.3 Å². The number of benzene rings is 3. The van der Waals surface area contributed by atoms with E-state index in [0.29, 0.717) is 30.1 Å². The summed E-state index contributed by atoms with van der Waals surface area (Å²) in [5.74, 6) is 0.669. The van der Waals surface area contributed by atoms with Gasteiger partial charge in [-0.2, -0.15) is 0 Å². The van der Waals surface area contributed by atoms with Crippen molar-refractivity contribution in [2.75, 3.05) is 0 Å². The van der Waals surface area contributed by atoms with Crippen molar-refractivity contribution < 1.29 is 19.0 Å². The minimum absolute atomic E-state index is 0.191. The zero-order valence-corrected chi connectivity index (χ0v) is 15.0. The second kappa shape index (κ2) is 7.88. The Balaban J connectivity index is 1.67. The zero-order chi connectivity index (χ0) is 19.3. The Kier molecular flexibility index (Phi) is 4.97.